The summed E-state index contributed by atoms with van der Waals surface area (Å²) in [6, 6.07) is 4.94. The van der Waals surface area contributed by atoms with Crippen LogP contribution in [0, 0.1) is 0 Å². The van der Waals surface area contributed by atoms with E-state index in [2.05, 4.69) is 0 Å². The highest BCUT2D eigenvalue weighted by Gasteiger charge is 2.31. The number of carbonyl (C=O) groups excluding carboxylic acids is 1. The van der Waals surface area contributed by atoms with E-state index in [4.69, 9.17) is 10.8 Å². The summed E-state index contributed by atoms with van der Waals surface area (Å²) >= 11 is 0. The van der Waals surface area contributed by atoms with Crippen molar-refractivity contribution in [3.8, 4) is 0 Å². The Bertz CT molecular complexity index is 517. The number of carboxylic acids is 1. The standard InChI is InChI=1S/C13H16N2O3/c1-13(2,14)12(18)15-6-9-4-3-8(11(16)17)5-10(9)7-15/h3-5H,6-7,14H2,1-2H3,(H,16,17). The summed E-state index contributed by atoms with van der Waals surface area (Å²) in [5.41, 5.74) is 6.99. The van der Waals surface area contributed by atoms with Crippen LogP contribution in [0.25, 0.3) is 0 Å². The number of carboxylic acid groups (broad SMARTS) is 1. The molecular formula is C13H16N2O3. The fourth-order valence-corrected chi connectivity index (χ4v) is 2.08. The van der Waals surface area contributed by atoms with Gasteiger partial charge in [0, 0.05) is 13.1 Å². The number of nitrogens with zero attached hydrogens (tertiary/aromatic N) is 1. The maximum absolute atomic E-state index is 12.0. The molecule has 18 heavy (non-hydrogen) atoms. The van der Waals surface area contributed by atoms with Crippen LogP contribution in [0.15, 0.2) is 18.2 Å². The summed E-state index contributed by atoms with van der Waals surface area (Å²) in [6.45, 7) is 4.26. The molecule has 0 aromatic heterocycles. The van der Waals surface area contributed by atoms with E-state index in [0.29, 0.717) is 13.1 Å². The molecule has 2 rings (SSSR count). The lowest BCUT2D eigenvalue weighted by molar-refractivity contribution is -0.136. The summed E-state index contributed by atoms with van der Waals surface area (Å²) in [4.78, 5) is 24.6. The van der Waals surface area contributed by atoms with Crippen molar-refractivity contribution >= 4 is 11.9 Å². The Morgan fingerprint density at radius 1 is 1.28 bits per heavy atom. The average Bonchev–Trinajstić information content (AvgIpc) is 2.68. The lowest BCUT2D eigenvalue weighted by atomic mass is 10.1. The average molecular weight is 248 g/mol. The molecule has 1 aliphatic heterocycles. The summed E-state index contributed by atoms with van der Waals surface area (Å²) in [5.74, 6) is -1.09. The molecule has 0 saturated carbocycles. The second-order valence-corrected chi connectivity index (χ2v) is 5.17. The van der Waals surface area contributed by atoms with Gasteiger partial charge in [0.05, 0.1) is 11.1 Å². The molecule has 5 nitrogen and oxygen atoms in total. The molecule has 96 valence electrons. The van der Waals surface area contributed by atoms with Gasteiger partial charge in [-0.3, -0.25) is 4.79 Å². The minimum atomic E-state index is -0.957. The monoisotopic (exact) mass is 248 g/mol. The second kappa shape index (κ2) is 4.10. The van der Waals surface area contributed by atoms with Crippen molar-refractivity contribution in [2.75, 3.05) is 0 Å². The van der Waals surface area contributed by atoms with E-state index in [-0.39, 0.29) is 11.5 Å². The Morgan fingerprint density at radius 3 is 2.44 bits per heavy atom. The number of fused-ring (bicyclic) bond motifs is 1. The first-order valence-electron chi connectivity index (χ1n) is 5.72. The van der Waals surface area contributed by atoms with Crippen LogP contribution in [0.4, 0.5) is 0 Å². The molecule has 0 saturated heterocycles. The molecule has 0 atom stereocenters. The van der Waals surface area contributed by atoms with E-state index in [1.165, 1.54) is 0 Å². The highest BCUT2D eigenvalue weighted by molar-refractivity contribution is 5.88. The van der Waals surface area contributed by atoms with E-state index in [1.807, 2.05) is 0 Å². The maximum atomic E-state index is 12.0. The van der Waals surface area contributed by atoms with Gasteiger partial charge < -0.3 is 15.7 Å². The number of amides is 1. The van der Waals surface area contributed by atoms with Crippen LogP contribution in [0.3, 0.4) is 0 Å². The molecule has 1 aliphatic rings. The molecule has 5 heteroatoms. The Hall–Kier alpha value is -1.88. The predicted molar refractivity (Wildman–Crippen MR) is 65.9 cm³/mol. The summed E-state index contributed by atoms with van der Waals surface area (Å²) in [7, 11) is 0. The van der Waals surface area contributed by atoms with Crippen molar-refractivity contribution in [1.82, 2.24) is 4.90 Å². The molecule has 0 fully saturated rings. The van der Waals surface area contributed by atoms with Crippen molar-refractivity contribution in [3.05, 3.63) is 34.9 Å². The van der Waals surface area contributed by atoms with Gasteiger partial charge in [0.25, 0.3) is 0 Å². The van der Waals surface area contributed by atoms with Crippen LogP contribution in [0.1, 0.15) is 35.3 Å². The zero-order valence-corrected chi connectivity index (χ0v) is 10.4. The zero-order valence-electron chi connectivity index (χ0n) is 10.4. The topological polar surface area (TPSA) is 83.6 Å². The van der Waals surface area contributed by atoms with E-state index >= 15 is 0 Å². The molecular weight excluding hydrogens is 232 g/mol. The molecule has 0 radical (unpaired) electrons. The Balaban J connectivity index is 2.23. The van der Waals surface area contributed by atoms with Gasteiger partial charge in [-0.05, 0) is 37.1 Å². The van der Waals surface area contributed by atoms with Gasteiger partial charge in [-0.25, -0.2) is 4.79 Å². The molecule has 1 aromatic rings. The zero-order chi connectivity index (χ0) is 13.5. The molecule has 1 amide bonds. The van der Waals surface area contributed by atoms with Gasteiger partial charge in [-0.1, -0.05) is 6.07 Å². The van der Waals surface area contributed by atoms with Gasteiger partial charge >= 0.3 is 5.97 Å². The lowest BCUT2D eigenvalue weighted by Crippen LogP contribution is -2.49. The molecule has 0 aliphatic carbocycles. The first kappa shape index (κ1) is 12.6. The first-order chi connectivity index (χ1) is 8.29. The molecule has 0 unspecified atom stereocenters. The summed E-state index contributed by atoms with van der Waals surface area (Å²) in [5, 5.41) is 8.92. The van der Waals surface area contributed by atoms with E-state index < -0.39 is 11.5 Å². The predicted octanol–water partition coefficient (Wildman–Crippen LogP) is 0.964. The number of nitrogens with two attached hydrogens (primary N) is 1. The van der Waals surface area contributed by atoms with Crippen LogP contribution in [-0.4, -0.2) is 27.4 Å². The van der Waals surface area contributed by atoms with Crippen molar-refractivity contribution < 1.29 is 14.7 Å². The van der Waals surface area contributed by atoms with Crippen LogP contribution in [0.5, 0.6) is 0 Å². The minimum absolute atomic E-state index is 0.129. The minimum Gasteiger partial charge on any atom is -0.478 e. The second-order valence-electron chi connectivity index (χ2n) is 5.17. The van der Waals surface area contributed by atoms with Crippen LogP contribution in [0.2, 0.25) is 0 Å². The maximum Gasteiger partial charge on any atom is 0.335 e. The molecule has 0 spiro atoms. The Kier molecular flexibility index (Phi) is 2.86. The number of benzene rings is 1. The summed E-state index contributed by atoms with van der Waals surface area (Å²) < 4.78 is 0. The highest BCUT2D eigenvalue weighted by Crippen LogP contribution is 2.25. The van der Waals surface area contributed by atoms with Crippen molar-refractivity contribution in [3.63, 3.8) is 0 Å². The smallest absolute Gasteiger partial charge is 0.335 e. The third-order valence-electron chi connectivity index (χ3n) is 3.01. The van der Waals surface area contributed by atoms with Crippen molar-refractivity contribution in [2.24, 2.45) is 5.73 Å². The van der Waals surface area contributed by atoms with Gasteiger partial charge in [0.15, 0.2) is 0 Å². The van der Waals surface area contributed by atoms with E-state index in [9.17, 15) is 9.59 Å². The number of hydrogen-bond acceptors (Lipinski definition) is 3. The van der Waals surface area contributed by atoms with Gasteiger partial charge in [-0.2, -0.15) is 0 Å². The van der Waals surface area contributed by atoms with Crippen LogP contribution >= 0.6 is 0 Å². The fourth-order valence-electron chi connectivity index (χ4n) is 2.08. The molecule has 0 bridgehead atoms. The van der Waals surface area contributed by atoms with E-state index in [1.54, 1.807) is 36.9 Å². The van der Waals surface area contributed by atoms with Crippen LogP contribution in [-0.2, 0) is 17.9 Å². The largest absolute Gasteiger partial charge is 0.478 e. The number of rotatable bonds is 2. The van der Waals surface area contributed by atoms with Crippen molar-refractivity contribution in [1.29, 1.82) is 0 Å². The normalized spacial score (nSPS) is 14.5. The molecule has 1 heterocycles. The number of hydrogen-bond donors (Lipinski definition) is 2. The van der Waals surface area contributed by atoms with Gasteiger partial charge in [0.2, 0.25) is 5.91 Å². The molecule has 3 N–H and O–H groups in total. The van der Waals surface area contributed by atoms with Gasteiger partial charge in [-0.15, -0.1) is 0 Å². The fraction of sp³-hybridized carbons (Fsp3) is 0.385. The number of aromatic carboxylic acids is 1. The van der Waals surface area contributed by atoms with Crippen LogP contribution < -0.4 is 5.73 Å². The first-order valence-corrected chi connectivity index (χ1v) is 5.72. The Labute approximate surface area is 105 Å². The SMILES string of the molecule is CC(C)(N)C(=O)N1Cc2ccc(C(=O)O)cc2C1. The number of carbonyl (C=O) groups is 2. The lowest BCUT2D eigenvalue weighted by Gasteiger charge is -2.25. The third kappa shape index (κ3) is 2.22. The quantitative estimate of drug-likeness (QED) is 0.816. The van der Waals surface area contributed by atoms with E-state index in [0.717, 1.165) is 11.1 Å². The highest BCUT2D eigenvalue weighted by atomic mass is 16.4. The Morgan fingerprint density at radius 2 is 1.89 bits per heavy atom. The molecule has 1 aromatic carbocycles. The van der Waals surface area contributed by atoms with Gasteiger partial charge in [0.1, 0.15) is 0 Å². The van der Waals surface area contributed by atoms with Crippen molar-refractivity contribution in [2.45, 2.75) is 32.5 Å². The third-order valence-corrected chi connectivity index (χ3v) is 3.01. The summed E-state index contributed by atoms with van der Waals surface area (Å²) in [6.07, 6.45) is 0.